The predicted octanol–water partition coefficient (Wildman–Crippen LogP) is 2.02. The van der Waals surface area contributed by atoms with Gasteiger partial charge in [0.15, 0.2) is 0 Å². The second-order valence-corrected chi connectivity index (χ2v) is 6.17. The Kier molecular flexibility index (Phi) is 6.55. The number of carbonyl (C=O) groups excluding carboxylic acids is 2. The Morgan fingerprint density at radius 3 is 2.41 bits per heavy atom. The SMILES string of the molecule is CCC(CC)(CC(=O)O)NC(=O)C(C)NC(=O)c1cccs1. The van der Waals surface area contributed by atoms with E-state index in [1.807, 2.05) is 13.8 Å². The third-order valence-electron chi connectivity index (χ3n) is 3.72. The van der Waals surface area contributed by atoms with Crippen molar-refractivity contribution in [3.05, 3.63) is 22.4 Å². The number of carboxylic acid groups (broad SMARTS) is 1. The Balaban J connectivity index is 2.69. The average molecular weight is 326 g/mol. The van der Waals surface area contributed by atoms with Crippen molar-refractivity contribution < 1.29 is 19.5 Å². The molecule has 0 saturated carbocycles. The number of nitrogens with one attached hydrogen (secondary N) is 2. The fraction of sp³-hybridized carbons (Fsp3) is 0.533. The summed E-state index contributed by atoms with van der Waals surface area (Å²) >= 11 is 1.29. The summed E-state index contributed by atoms with van der Waals surface area (Å²) < 4.78 is 0. The highest BCUT2D eigenvalue weighted by Crippen LogP contribution is 2.20. The van der Waals surface area contributed by atoms with Crippen LogP contribution in [0.15, 0.2) is 17.5 Å². The molecule has 0 saturated heterocycles. The Morgan fingerprint density at radius 2 is 1.95 bits per heavy atom. The van der Waals surface area contributed by atoms with Crippen LogP contribution in [0, 0.1) is 0 Å². The standard InChI is InChI=1S/C15H22N2O4S/c1-4-15(5-2,9-12(18)19)17-13(20)10(3)16-14(21)11-7-6-8-22-11/h6-8,10H,4-5,9H2,1-3H3,(H,16,21)(H,17,20)(H,18,19). The molecule has 3 N–H and O–H groups in total. The van der Waals surface area contributed by atoms with Gasteiger partial charge in [-0.2, -0.15) is 0 Å². The third kappa shape index (κ3) is 4.84. The van der Waals surface area contributed by atoms with Gasteiger partial charge < -0.3 is 15.7 Å². The van der Waals surface area contributed by atoms with Crippen LogP contribution in [0.2, 0.25) is 0 Å². The molecule has 0 radical (unpaired) electrons. The summed E-state index contributed by atoms with van der Waals surface area (Å²) in [6.45, 7) is 5.25. The molecule has 6 nitrogen and oxygen atoms in total. The molecule has 1 aromatic rings. The van der Waals surface area contributed by atoms with Gasteiger partial charge >= 0.3 is 5.97 Å². The van der Waals surface area contributed by atoms with E-state index in [1.54, 1.807) is 24.4 Å². The van der Waals surface area contributed by atoms with Crippen molar-refractivity contribution in [1.82, 2.24) is 10.6 Å². The van der Waals surface area contributed by atoms with Crippen molar-refractivity contribution in [3.63, 3.8) is 0 Å². The number of hydrogen-bond acceptors (Lipinski definition) is 4. The first-order valence-corrected chi connectivity index (χ1v) is 8.09. The predicted molar refractivity (Wildman–Crippen MR) is 85.0 cm³/mol. The third-order valence-corrected chi connectivity index (χ3v) is 4.59. The van der Waals surface area contributed by atoms with Gasteiger partial charge in [-0.1, -0.05) is 19.9 Å². The summed E-state index contributed by atoms with van der Waals surface area (Å²) in [7, 11) is 0. The molecule has 1 rings (SSSR count). The summed E-state index contributed by atoms with van der Waals surface area (Å²) in [6.07, 6.45) is 0.873. The molecule has 1 aromatic heterocycles. The topological polar surface area (TPSA) is 95.5 Å². The van der Waals surface area contributed by atoms with E-state index in [-0.39, 0.29) is 18.2 Å². The molecule has 0 fully saturated rings. The number of rotatable bonds is 8. The molecular weight excluding hydrogens is 304 g/mol. The number of hydrogen-bond donors (Lipinski definition) is 3. The van der Waals surface area contributed by atoms with Crippen LogP contribution < -0.4 is 10.6 Å². The van der Waals surface area contributed by atoms with E-state index in [4.69, 9.17) is 5.11 Å². The van der Waals surface area contributed by atoms with Gasteiger partial charge in [0.05, 0.1) is 16.8 Å². The van der Waals surface area contributed by atoms with Crippen LogP contribution in [-0.4, -0.2) is 34.5 Å². The van der Waals surface area contributed by atoms with Gasteiger partial charge in [-0.15, -0.1) is 11.3 Å². The zero-order valence-electron chi connectivity index (χ0n) is 13.0. The minimum Gasteiger partial charge on any atom is -0.481 e. The molecule has 122 valence electrons. The van der Waals surface area contributed by atoms with Crippen LogP contribution in [0.3, 0.4) is 0 Å². The summed E-state index contributed by atoms with van der Waals surface area (Å²) in [5, 5.41) is 16.2. The summed E-state index contributed by atoms with van der Waals surface area (Å²) in [5.74, 6) is -1.65. The van der Waals surface area contributed by atoms with E-state index < -0.39 is 17.6 Å². The van der Waals surface area contributed by atoms with Gasteiger partial charge in [0.2, 0.25) is 5.91 Å². The minimum absolute atomic E-state index is 0.142. The first kappa shape index (κ1) is 18.2. The number of thiophene rings is 1. The molecule has 0 bridgehead atoms. The summed E-state index contributed by atoms with van der Waals surface area (Å²) in [6, 6.07) is 2.70. The highest BCUT2D eigenvalue weighted by atomic mass is 32.1. The molecular formula is C15H22N2O4S. The van der Waals surface area contributed by atoms with Crippen LogP contribution in [0.4, 0.5) is 0 Å². The molecule has 1 unspecified atom stereocenters. The van der Waals surface area contributed by atoms with Crippen molar-refractivity contribution in [3.8, 4) is 0 Å². The van der Waals surface area contributed by atoms with E-state index in [2.05, 4.69) is 10.6 Å². The summed E-state index contributed by atoms with van der Waals surface area (Å²) in [5.41, 5.74) is -0.787. The van der Waals surface area contributed by atoms with Crippen LogP contribution in [0.25, 0.3) is 0 Å². The maximum absolute atomic E-state index is 12.2. The van der Waals surface area contributed by atoms with Crippen molar-refractivity contribution >= 4 is 29.1 Å². The normalized spacial score (nSPS) is 12.5. The van der Waals surface area contributed by atoms with Crippen molar-refractivity contribution in [1.29, 1.82) is 0 Å². The molecule has 1 atom stereocenters. The van der Waals surface area contributed by atoms with Gasteiger partial charge in [0.1, 0.15) is 6.04 Å². The second kappa shape index (κ2) is 7.93. The van der Waals surface area contributed by atoms with Crippen LogP contribution in [0.5, 0.6) is 0 Å². The molecule has 2 amide bonds. The number of amides is 2. The fourth-order valence-electron chi connectivity index (χ4n) is 2.12. The molecule has 0 aliphatic heterocycles. The van der Waals surface area contributed by atoms with Crippen molar-refractivity contribution in [2.75, 3.05) is 0 Å². The maximum Gasteiger partial charge on any atom is 0.305 e. The Hall–Kier alpha value is -1.89. The second-order valence-electron chi connectivity index (χ2n) is 5.22. The lowest BCUT2D eigenvalue weighted by Gasteiger charge is -2.32. The maximum atomic E-state index is 12.2. The smallest absolute Gasteiger partial charge is 0.305 e. The van der Waals surface area contributed by atoms with E-state index in [0.29, 0.717) is 17.7 Å². The molecule has 1 heterocycles. The Labute approximate surface area is 133 Å². The molecule has 0 spiro atoms. The van der Waals surface area contributed by atoms with Crippen LogP contribution in [0.1, 0.15) is 49.7 Å². The Morgan fingerprint density at radius 1 is 1.32 bits per heavy atom. The zero-order valence-corrected chi connectivity index (χ0v) is 13.8. The largest absolute Gasteiger partial charge is 0.481 e. The van der Waals surface area contributed by atoms with Gasteiger partial charge in [-0.05, 0) is 31.2 Å². The van der Waals surface area contributed by atoms with Gasteiger partial charge in [0, 0.05) is 0 Å². The average Bonchev–Trinajstić information content (AvgIpc) is 3.00. The monoisotopic (exact) mass is 326 g/mol. The number of carboxylic acids is 1. The van der Waals surface area contributed by atoms with Gasteiger partial charge in [-0.25, -0.2) is 0 Å². The highest BCUT2D eigenvalue weighted by Gasteiger charge is 2.32. The lowest BCUT2D eigenvalue weighted by molar-refractivity contribution is -0.139. The quantitative estimate of drug-likeness (QED) is 0.681. The van der Waals surface area contributed by atoms with E-state index in [9.17, 15) is 14.4 Å². The number of aliphatic carboxylic acids is 1. The Bertz CT molecular complexity index is 524. The van der Waals surface area contributed by atoms with E-state index in [1.165, 1.54) is 11.3 Å². The minimum atomic E-state index is -0.959. The molecule has 22 heavy (non-hydrogen) atoms. The lowest BCUT2D eigenvalue weighted by atomic mass is 9.88. The first-order valence-electron chi connectivity index (χ1n) is 7.21. The van der Waals surface area contributed by atoms with Crippen molar-refractivity contribution in [2.45, 2.75) is 51.6 Å². The van der Waals surface area contributed by atoms with E-state index in [0.717, 1.165) is 0 Å². The lowest BCUT2D eigenvalue weighted by Crippen LogP contribution is -2.55. The van der Waals surface area contributed by atoms with Gasteiger partial charge in [0.25, 0.3) is 5.91 Å². The van der Waals surface area contributed by atoms with Crippen LogP contribution >= 0.6 is 11.3 Å². The van der Waals surface area contributed by atoms with Crippen molar-refractivity contribution in [2.24, 2.45) is 0 Å². The molecule has 0 aliphatic carbocycles. The number of carbonyl (C=O) groups is 3. The van der Waals surface area contributed by atoms with Gasteiger partial charge in [-0.3, -0.25) is 14.4 Å². The van der Waals surface area contributed by atoms with E-state index >= 15 is 0 Å². The fourth-order valence-corrected chi connectivity index (χ4v) is 2.75. The molecule has 0 aromatic carbocycles. The summed E-state index contributed by atoms with van der Waals surface area (Å²) in [4.78, 5) is 35.7. The zero-order chi connectivity index (χ0) is 16.8. The first-order chi connectivity index (χ1) is 10.3. The van der Waals surface area contributed by atoms with Crippen LogP contribution in [-0.2, 0) is 9.59 Å². The molecule has 7 heteroatoms. The highest BCUT2D eigenvalue weighted by molar-refractivity contribution is 7.12. The molecule has 0 aliphatic rings.